The van der Waals surface area contributed by atoms with Gasteiger partial charge >= 0.3 is 0 Å². The topological polar surface area (TPSA) is 27.7 Å². The average Bonchev–Trinajstić information content (AvgIpc) is 2.14. The molecular formula is C9H14ClO3P. The van der Waals surface area contributed by atoms with Crippen LogP contribution >= 0.6 is 21.4 Å². The number of hydrogen-bond acceptors (Lipinski definition) is 3. The van der Waals surface area contributed by atoms with Gasteiger partial charge in [-0.25, -0.2) is 0 Å². The first-order valence-corrected chi connectivity index (χ1v) is 4.90. The number of hydrogen-bond donors (Lipinski definition) is 0. The Morgan fingerprint density at radius 2 is 1.79 bits per heavy atom. The van der Waals surface area contributed by atoms with Crippen molar-refractivity contribution in [3.63, 3.8) is 0 Å². The molecule has 0 fully saturated rings. The number of para-hydroxylation sites is 1. The largest absolute Gasteiger partial charge is 0.332 e. The van der Waals surface area contributed by atoms with Crippen LogP contribution in [-0.4, -0.2) is 6.10 Å². The first-order chi connectivity index (χ1) is 6.29. The Hall–Kier alpha value is -0.340. The Balaban J connectivity index is 0.00000169. The molecular weight excluding hydrogens is 223 g/mol. The first-order valence-electron chi connectivity index (χ1n) is 4.08. The summed E-state index contributed by atoms with van der Waals surface area (Å²) in [4.78, 5) is 4.94. The van der Waals surface area contributed by atoms with E-state index >= 15 is 0 Å². The summed E-state index contributed by atoms with van der Waals surface area (Å²) in [5.41, 5.74) is 0. The van der Waals surface area contributed by atoms with Gasteiger partial charge < -0.3 is 9.41 Å². The summed E-state index contributed by atoms with van der Waals surface area (Å²) in [6.45, 7) is 3.89. The van der Waals surface area contributed by atoms with Crippen molar-refractivity contribution in [1.82, 2.24) is 0 Å². The molecule has 1 atom stereocenters. The highest BCUT2D eigenvalue weighted by atomic mass is 35.5. The van der Waals surface area contributed by atoms with Gasteiger partial charge in [-0.1, -0.05) is 18.2 Å². The molecule has 0 bridgehead atoms. The maximum absolute atomic E-state index is 5.14. The molecule has 14 heavy (non-hydrogen) atoms. The molecule has 0 amide bonds. The van der Waals surface area contributed by atoms with E-state index in [2.05, 4.69) is 0 Å². The van der Waals surface area contributed by atoms with Crippen LogP contribution in [0.2, 0.25) is 0 Å². The van der Waals surface area contributed by atoms with Gasteiger partial charge in [0, 0.05) is 0 Å². The molecule has 80 valence electrons. The van der Waals surface area contributed by atoms with Crippen molar-refractivity contribution in [1.29, 1.82) is 0 Å². The van der Waals surface area contributed by atoms with Crippen LogP contribution in [0.25, 0.3) is 0 Å². The van der Waals surface area contributed by atoms with Crippen molar-refractivity contribution in [3.05, 3.63) is 30.3 Å². The second-order valence-electron chi connectivity index (χ2n) is 2.73. The lowest BCUT2D eigenvalue weighted by atomic mass is 10.3. The van der Waals surface area contributed by atoms with Crippen LogP contribution in [0, 0.1) is 0 Å². The van der Waals surface area contributed by atoms with E-state index in [-0.39, 0.29) is 27.5 Å². The van der Waals surface area contributed by atoms with E-state index in [1.54, 1.807) is 0 Å². The molecule has 3 nitrogen and oxygen atoms in total. The lowest BCUT2D eigenvalue weighted by Crippen LogP contribution is -1.95. The highest BCUT2D eigenvalue weighted by Gasteiger charge is 1.95. The number of benzene rings is 1. The minimum atomic E-state index is -0.0841. The average molecular weight is 237 g/mol. The van der Waals surface area contributed by atoms with Gasteiger partial charge in [0.25, 0.3) is 0 Å². The Morgan fingerprint density at radius 1 is 1.14 bits per heavy atom. The quantitative estimate of drug-likeness (QED) is 0.340. The summed E-state index contributed by atoms with van der Waals surface area (Å²) in [7, 11) is -0.0841. The molecule has 0 aliphatic carbocycles. The molecule has 0 N–H and O–H groups in total. The van der Waals surface area contributed by atoms with Gasteiger partial charge in [0.1, 0.15) is 0 Å². The van der Waals surface area contributed by atoms with Crippen LogP contribution < -0.4 is 4.89 Å². The van der Waals surface area contributed by atoms with E-state index in [4.69, 9.17) is 14.1 Å². The van der Waals surface area contributed by atoms with E-state index in [9.17, 15) is 0 Å². The monoisotopic (exact) mass is 236 g/mol. The van der Waals surface area contributed by atoms with Crippen molar-refractivity contribution < 1.29 is 14.1 Å². The van der Waals surface area contributed by atoms with Gasteiger partial charge in [-0.05, 0) is 26.0 Å². The summed E-state index contributed by atoms with van der Waals surface area (Å²) < 4.78 is 9.98. The second kappa shape index (κ2) is 8.01. The molecule has 0 heterocycles. The van der Waals surface area contributed by atoms with Crippen molar-refractivity contribution in [3.8, 4) is 5.75 Å². The van der Waals surface area contributed by atoms with Gasteiger partial charge in [-0.3, -0.25) is 0 Å². The van der Waals surface area contributed by atoms with Gasteiger partial charge in [0.05, 0.1) is 6.10 Å². The Labute approximate surface area is 92.0 Å². The van der Waals surface area contributed by atoms with Crippen LogP contribution in [-0.2, 0) is 9.20 Å². The zero-order valence-electron chi connectivity index (χ0n) is 8.10. The number of halogens is 1. The fraction of sp³-hybridized carbons (Fsp3) is 0.333. The third-order valence-electron chi connectivity index (χ3n) is 1.20. The SMILES string of the molecule is CC(C)OPOOc1ccccc1.Cl. The molecule has 1 aromatic carbocycles. The van der Waals surface area contributed by atoms with E-state index in [0.717, 1.165) is 0 Å². The normalized spacial score (nSPS) is 10.5. The maximum Gasteiger partial charge on any atom is 0.208 e. The van der Waals surface area contributed by atoms with Crippen LogP contribution in [0.3, 0.4) is 0 Å². The molecule has 0 aliphatic heterocycles. The zero-order chi connectivity index (χ0) is 9.52. The van der Waals surface area contributed by atoms with Crippen LogP contribution in [0.15, 0.2) is 30.3 Å². The van der Waals surface area contributed by atoms with Crippen LogP contribution in [0.4, 0.5) is 0 Å². The highest BCUT2D eigenvalue weighted by molar-refractivity contribution is 7.26. The Kier molecular flexibility index (Phi) is 7.81. The molecule has 1 unspecified atom stereocenters. The lowest BCUT2D eigenvalue weighted by molar-refractivity contribution is -0.0969. The molecule has 0 saturated heterocycles. The second-order valence-corrected chi connectivity index (χ2v) is 3.30. The predicted molar refractivity (Wildman–Crippen MR) is 59.9 cm³/mol. The van der Waals surface area contributed by atoms with Crippen molar-refractivity contribution >= 4 is 21.4 Å². The van der Waals surface area contributed by atoms with Crippen LogP contribution in [0.5, 0.6) is 5.75 Å². The molecule has 1 aromatic rings. The predicted octanol–water partition coefficient (Wildman–Crippen LogP) is 3.35. The van der Waals surface area contributed by atoms with Crippen LogP contribution in [0.1, 0.15) is 13.8 Å². The highest BCUT2D eigenvalue weighted by Crippen LogP contribution is 2.19. The first kappa shape index (κ1) is 13.7. The summed E-state index contributed by atoms with van der Waals surface area (Å²) in [6, 6.07) is 9.32. The van der Waals surface area contributed by atoms with Crippen molar-refractivity contribution in [2.45, 2.75) is 20.0 Å². The summed E-state index contributed by atoms with van der Waals surface area (Å²) >= 11 is 0. The molecule has 0 radical (unpaired) electrons. The van der Waals surface area contributed by atoms with E-state index in [1.165, 1.54) is 0 Å². The van der Waals surface area contributed by atoms with Gasteiger partial charge in [0.15, 0.2) is 5.75 Å². The standard InChI is InChI=1S/C9H13O3P.ClH/c1-8(2)11-13-12-10-9-6-4-3-5-7-9;/h3-8,13H,1-2H3;1H. The van der Waals surface area contributed by atoms with Crippen molar-refractivity contribution in [2.75, 3.05) is 0 Å². The molecule has 0 aromatic heterocycles. The molecule has 0 saturated carbocycles. The summed E-state index contributed by atoms with van der Waals surface area (Å²) in [5.74, 6) is 0.683. The number of rotatable bonds is 5. The fourth-order valence-electron chi connectivity index (χ4n) is 0.657. The molecule has 0 spiro atoms. The van der Waals surface area contributed by atoms with E-state index < -0.39 is 0 Å². The van der Waals surface area contributed by atoms with Gasteiger partial charge in [-0.2, -0.15) is 0 Å². The van der Waals surface area contributed by atoms with Crippen molar-refractivity contribution in [2.24, 2.45) is 0 Å². The minimum Gasteiger partial charge on any atom is -0.332 e. The fourth-order valence-corrected chi connectivity index (χ4v) is 1.02. The third-order valence-corrected chi connectivity index (χ3v) is 1.92. The minimum absolute atomic E-state index is 0. The third kappa shape index (κ3) is 6.17. The maximum atomic E-state index is 5.14. The smallest absolute Gasteiger partial charge is 0.208 e. The van der Waals surface area contributed by atoms with Gasteiger partial charge in [-0.15, -0.1) is 17.1 Å². The lowest BCUT2D eigenvalue weighted by Gasteiger charge is -2.06. The zero-order valence-corrected chi connectivity index (χ0v) is 9.91. The molecule has 5 heteroatoms. The summed E-state index contributed by atoms with van der Waals surface area (Å²) in [6.07, 6.45) is 0.165. The summed E-state index contributed by atoms with van der Waals surface area (Å²) in [5, 5.41) is 0. The Bertz CT molecular complexity index is 231. The van der Waals surface area contributed by atoms with Gasteiger partial charge in [0.2, 0.25) is 9.03 Å². The molecule has 1 rings (SSSR count). The Morgan fingerprint density at radius 3 is 2.36 bits per heavy atom. The molecule has 0 aliphatic rings. The van der Waals surface area contributed by atoms with E-state index in [0.29, 0.717) is 5.75 Å². The van der Waals surface area contributed by atoms with E-state index in [1.807, 2.05) is 44.2 Å².